The van der Waals surface area contributed by atoms with Crippen LogP contribution in [0.4, 0.5) is 0 Å². The number of hydrogen-bond donors (Lipinski definition) is 0. The van der Waals surface area contributed by atoms with Crippen molar-refractivity contribution in [2.45, 2.75) is 19.8 Å². The van der Waals surface area contributed by atoms with E-state index in [1.807, 2.05) is 25.1 Å². The Kier molecular flexibility index (Phi) is 5.48. The number of allylic oxidation sites excluding steroid dienone is 2. The highest BCUT2D eigenvalue weighted by Gasteiger charge is 2.02. The maximum atomic E-state index is 8.77. The summed E-state index contributed by atoms with van der Waals surface area (Å²) in [5.74, 6) is 1.30. The summed E-state index contributed by atoms with van der Waals surface area (Å²) in [5, 5.41) is 8.77. The lowest BCUT2D eigenvalue weighted by Crippen LogP contribution is -1.98. The van der Waals surface area contributed by atoms with Gasteiger partial charge in [-0.25, -0.2) is 9.97 Å². The van der Waals surface area contributed by atoms with E-state index in [4.69, 9.17) is 10.00 Å². The van der Waals surface area contributed by atoms with Crippen LogP contribution in [0.5, 0.6) is 5.75 Å². The van der Waals surface area contributed by atoms with Crippen molar-refractivity contribution < 1.29 is 4.74 Å². The highest BCUT2D eigenvalue weighted by atomic mass is 16.5. The van der Waals surface area contributed by atoms with E-state index < -0.39 is 0 Å². The quantitative estimate of drug-likeness (QED) is 0.597. The van der Waals surface area contributed by atoms with E-state index >= 15 is 0 Å². The summed E-state index contributed by atoms with van der Waals surface area (Å²) >= 11 is 0. The Morgan fingerprint density at radius 3 is 2.52 bits per heavy atom. The summed E-state index contributed by atoms with van der Waals surface area (Å²) in [4.78, 5) is 8.57. The summed E-state index contributed by atoms with van der Waals surface area (Å²) in [5.41, 5.74) is 1.51. The van der Waals surface area contributed by atoms with Crippen LogP contribution in [-0.4, -0.2) is 16.6 Å². The predicted molar refractivity (Wildman–Crippen MR) is 81.7 cm³/mol. The number of aromatic nitrogens is 2. The van der Waals surface area contributed by atoms with Crippen molar-refractivity contribution in [2.24, 2.45) is 0 Å². The first-order valence-corrected chi connectivity index (χ1v) is 6.90. The topological polar surface area (TPSA) is 58.8 Å². The van der Waals surface area contributed by atoms with Gasteiger partial charge < -0.3 is 4.74 Å². The van der Waals surface area contributed by atoms with Crippen LogP contribution in [0, 0.1) is 11.3 Å². The molecule has 2 rings (SSSR count). The minimum Gasteiger partial charge on any atom is -0.490 e. The Balaban J connectivity index is 1.93. The third-order valence-corrected chi connectivity index (χ3v) is 2.92. The first kappa shape index (κ1) is 14.7. The summed E-state index contributed by atoms with van der Waals surface area (Å²) in [6.07, 6.45) is 9.50. The Morgan fingerprint density at radius 2 is 1.90 bits per heavy atom. The van der Waals surface area contributed by atoms with Crippen molar-refractivity contribution in [1.29, 1.82) is 5.26 Å². The fraction of sp³-hybridized carbons (Fsp3) is 0.235. The smallest absolute Gasteiger partial charge is 0.159 e. The molecule has 0 unspecified atom stereocenters. The molecule has 1 aromatic heterocycles. The molecule has 0 N–H and O–H groups in total. The Bertz CT molecular complexity index is 625. The highest BCUT2D eigenvalue weighted by Crippen LogP contribution is 2.17. The minimum atomic E-state index is 0.625. The minimum absolute atomic E-state index is 0.625. The molecule has 0 radical (unpaired) electrons. The van der Waals surface area contributed by atoms with Crippen LogP contribution >= 0.6 is 0 Å². The first-order chi connectivity index (χ1) is 10.3. The monoisotopic (exact) mass is 279 g/mol. The van der Waals surface area contributed by atoms with Gasteiger partial charge in [-0.15, -0.1) is 0 Å². The van der Waals surface area contributed by atoms with Gasteiger partial charge in [-0.2, -0.15) is 5.26 Å². The van der Waals surface area contributed by atoms with Crippen LogP contribution in [0.3, 0.4) is 0 Å². The van der Waals surface area contributed by atoms with Gasteiger partial charge in [-0.3, -0.25) is 0 Å². The molecule has 1 aromatic carbocycles. The molecule has 0 aliphatic carbocycles. The zero-order chi connectivity index (χ0) is 14.9. The average molecular weight is 279 g/mol. The SMILES string of the molecule is CC=CCCCOc1cnc(-c2ccc(C#N)cc2)nc1. The summed E-state index contributed by atoms with van der Waals surface area (Å²) in [7, 11) is 0. The number of unbranched alkanes of at least 4 members (excludes halogenated alkanes) is 1. The Morgan fingerprint density at radius 1 is 1.19 bits per heavy atom. The van der Waals surface area contributed by atoms with E-state index in [-0.39, 0.29) is 0 Å². The van der Waals surface area contributed by atoms with Gasteiger partial charge in [0.25, 0.3) is 0 Å². The normalized spacial score (nSPS) is 10.5. The van der Waals surface area contributed by atoms with Gasteiger partial charge in [0.1, 0.15) is 0 Å². The fourth-order valence-corrected chi connectivity index (χ4v) is 1.79. The molecular formula is C17H17N3O. The third kappa shape index (κ3) is 4.43. The Labute approximate surface area is 124 Å². The molecule has 0 saturated carbocycles. The molecule has 0 aliphatic rings. The number of nitrogens with zero attached hydrogens (tertiary/aromatic N) is 3. The molecule has 0 amide bonds. The van der Waals surface area contributed by atoms with E-state index in [9.17, 15) is 0 Å². The third-order valence-electron chi connectivity index (χ3n) is 2.92. The van der Waals surface area contributed by atoms with E-state index in [1.165, 1.54) is 0 Å². The maximum Gasteiger partial charge on any atom is 0.159 e. The molecule has 2 aromatic rings. The zero-order valence-electron chi connectivity index (χ0n) is 12.0. The van der Waals surface area contributed by atoms with Crippen molar-refractivity contribution >= 4 is 0 Å². The summed E-state index contributed by atoms with van der Waals surface area (Å²) in [6, 6.07) is 9.27. The molecule has 0 atom stereocenters. The molecule has 0 aliphatic heterocycles. The van der Waals surface area contributed by atoms with Crippen LogP contribution in [-0.2, 0) is 0 Å². The van der Waals surface area contributed by atoms with E-state index in [0.717, 1.165) is 18.4 Å². The largest absolute Gasteiger partial charge is 0.490 e. The molecule has 0 spiro atoms. The maximum absolute atomic E-state index is 8.77. The van der Waals surface area contributed by atoms with Crippen molar-refractivity contribution in [3.63, 3.8) is 0 Å². The van der Waals surface area contributed by atoms with Gasteiger partial charge in [-0.1, -0.05) is 12.2 Å². The number of benzene rings is 1. The Hall–Kier alpha value is -2.67. The highest BCUT2D eigenvalue weighted by molar-refractivity contribution is 5.56. The van der Waals surface area contributed by atoms with Crippen LogP contribution < -0.4 is 4.74 Å². The average Bonchev–Trinajstić information content (AvgIpc) is 2.55. The van der Waals surface area contributed by atoms with Crippen molar-refractivity contribution in [3.8, 4) is 23.2 Å². The zero-order valence-corrected chi connectivity index (χ0v) is 12.0. The van der Waals surface area contributed by atoms with Gasteiger partial charge in [-0.05, 0) is 44.0 Å². The van der Waals surface area contributed by atoms with E-state index in [1.54, 1.807) is 24.5 Å². The molecule has 21 heavy (non-hydrogen) atoms. The van der Waals surface area contributed by atoms with Gasteiger partial charge in [0.15, 0.2) is 11.6 Å². The molecule has 106 valence electrons. The second-order valence-electron chi connectivity index (χ2n) is 4.49. The van der Waals surface area contributed by atoms with E-state index in [2.05, 4.69) is 22.1 Å². The van der Waals surface area contributed by atoms with Crippen molar-refractivity contribution in [3.05, 3.63) is 54.4 Å². The first-order valence-electron chi connectivity index (χ1n) is 6.90. The van der Waals surface area contributed by atoms with Gasteiger partial charge in [0.2, 0.25) is 0 Å². The molecule has 0 saturated heterocycles. The number of ether oxygens (including phenoxy) is 1. The standard InChI is InChI=1S/C17H17N3O/c1-2-3-4-5-10-21-16-12-19-17(20-13-16)15-8-6-14(11-18)7-9-15/h2-3,6-9,12-13H,4-5,10H2,1H3. The lowest BCUT2D eigenvalue weighted by atomic mass is 10.1. The molecular weight excluding hydrogens is 262 g/mol. The van der Waals surface area contributed by atoms with Crippen LogP contribution in [0.25, 0.3) is 11.4 Å². The van der Waals surface area contributed by atoms with Crippen LogP contribution in [0.1, 0.15) is 25.3 Å². The second-order valence-corrected chi connectivity index (χ2v) is 4.49. The number of nitriles is 1. The summed E-state index contributed by atoms with van der Waals surface area (Å²) in [6.45, 7) is 2.67. The second kappa shape index (κ2) is 7.81. The van der Waals surface area contributed by atoms with Crippen LogP contribution in [0.15, 0.2) is 48.8 Å². The molecule has 4 nitrogen and oxygen atoms in total. The lowest BCUT2D eigenvalue weighted by Gasteiger charge is -2.05. The molecule has 1 heterocycles. The van der Waals surface area contributed by atoms with Crippen LogP contribution in [0.2, 0.25) is 0 Å². The van der Waals surface area contributed by atoms with Gasteiger partial charge >= 0.3 is 0 Å². The fourth-order valence-electron chi connectivity index (χ4n) is 1.79. The molecule has 4 heteroatoms. The van der Waals surface area contributed by atoms with Gasteiger partial charge in [0, 0.05) is 5.56 Å². The number of hydrogen-bond acceptors (Lipinski definition) is 4. The summed E-state index contributed by atoms with van der Waals surface area (Å²) < 4.78 is 5.58. The van der Waals surface area contributed by atoms with Crippen molar-refractivity contribution in [2.75, 3.05) is 6.61 Å². The van der Waals surface area contributed by atoms with E-state index in [0.29, 0.717) is 23.7 Å². The number of rotatable bonds is 6. The predicted octanol–water partition coefficient (Wildman–Crippen LogP) is 3.75. The van der Waals surface area contributed by atoms with Crippen molar-refractivity contribution in [1.82, 2.24) is 9.97 Å². The molecule has 0 fully saturated rings. The van der Waals surface area contributed by atoms with Gasteiger partial charge in [0.05, 0.1) is 30.6 Å². The molecule has 0 bridgehead atoms. The lowest BCUT2D eigenvalue weighted by molar-refractivity contribution is 0.309.